The minimum Gasteiger partial charge on any atom is -0.455 e. The number of benzene rings is 8. The summed E-state index contributed by atoms with van der Waals surface area (Å²) in [6.45, 7) is 0. The Morgan fingerprint density at radius 2 is 0.824 bits per heavy atom. The third-order valence-corrected chi connectivity index (χ3v) is 9.74. The van der Waals surface area contributed by atoms with Crippen molar-refractivity contribution in [2.24, 2.45) is 0 Å². The van der Waals surface area contributed by atoms with Gasteiger partial charge in [0.1, 0.15) is 11.2 Å². The molecule has 4 heteroatoms. The molecule has 238 valence electrons. The van der Waals surface area contributed by atoms with Crippen LogP contribution in [-0.2, 0) is 0 Å². The van der Waals surface area contributed by atoms with Crippen molar-refractivity contribution in [1.29, 1.82) is 0 Å². The van der Waals surface area contributed by atoms with Gasteiger partial charge in [0.05, 0.1) is 0 Å². The first-order valence-corrected chi connectivity index (χ1v) is 17.1. The van der Waals surface area contributed by atoms with Crippen molar-refractivity contribution in [3.8, 4) is 56.4 Å². The highest BCUT2D eigenvalue weighted by molar-refractivity contribution is 6.21. The summed E-state index contributed by atoms with van der Waals surface area (Å²) >= 11 is 0. The second kappa shape index (κ2) is 11.9. The number of aromatic nitrogens is 3. The lowest BCUT2D eigenvalue weighted by Crippen LogP contribution is -2.01. The van der Waals surface area contributed by atoms with Gasteiger partial charge in [0.25, 0.3) is 0 Å². The van der Waals surface area contributed by atoms with Crippen molar-refractivity contribution in [2.75, 3.05) is 0 Å². The summed E-state index contributed by atoms with van der Waals surface area (Å²) in [6, 6.07) is 60.9. The summed E-state index contributed by atoms with van der Waals surface area (Å²) in [5.74, 6) is 1.85. The van der Waals surface area contributed by atoms with Crippen LogP contribution in [0.5, 0.6) is 0 Å². The van der Waals surface area contributed by atoms with Crippen molar-refractivity contribution in [3.05, 3.63) is 176 Å². The van der Waals surface area contributed by atoms with E-state index in [0.717, 1.165) is 71.3 Å². The molecule has 0 radical (unpaired) electrons. The van der Waals surface area contributed by atoms with Gasteiger partial charge in [-0.2, -0.15) is 0 Å². The molecule has 10 aromatic rings. The first-order valence-electron chi connectivity index (χ1n) is 17.1. The van der Waals surface area contributed by atoms with E-state index in [1.54, 1.807) is 0 Å². The predicted octanol–water partition coefficient (Wildman–Crippen LogP) is 12.4. The lowest BCUT2D eigenvalue weighted by molar-refractivity contribution is 0.672. The molecule has 0 aliphatic carbocycles. The standard InChI is InChI=1S/C47H29N3O/c1-4-15-30(16-5-1)33-27-28-38(36-22-11-10-21-35(33)36)46-48-45(32-19-8-3-9-20-32)49-47(50-46)41-29-40-37-23-12-13-26-42(37)51-44(40)39-25-14-24-34(43(39)41)31-17-6-2-7-18-31/h1-29H. The minimum absolute atomic E-state index is 0.607. The molecule has 2 aromatic heterocycles. The van der Waals surface area contributed by atoms with Crippen LogP contribution in [0, 0.1) is 0 Å². The Kier molecular flexibility index (Phi) is 6.78. The number of para-hydroxylation sites is 1. The Hall–Kier alpha value is -6.91. The molecular weight excluding hydrogens is 623 g/mol. The first kappa shape index (κ1) is 29.0. The fraction of sp³-hybridized carbons (Fsp3) is 0. The van der Waals surface area contributed by atoms with Gasteiger partial charge in [-0.15, -0.1) is 0 Å². The van der Waals surface area contributed by atoms with Crippen LogP contribution in [0.1, 0.15) is 0 Å². The first-order chi connectivity index (χ1) is 25.3. The maximum Gasteiger partial charge on any atom is 0.164 e. The Morgan fingerprint density at radius 3 is 1.53 bits per heavy atom. The van der Waals surface area contributed by atoms with Crippen LogP contribution in [-0.4, -0.2) is 15.0 Å². The molecule has 0 saturated heterocycles. The lowest BCUT2D eigenvalue weighted by atomic mass is 9.92. The number of hydrogen-bond donors (Lipinski definition) is 0. The third-order valence-electron chi connectivity index (χ3n) is 9.74. The van der Waals surface area contributed by atoms with Gasteiger partial charge in [0.15, 0.2) is 17.5 Å². The fourth-order valence-corrected chi connectivity index (χ4v) is 7.39. The minimum atomic E-state index is 0.607. The zero-order valence-corrected chi connectivity index (χ0v) is 27.5. The normalized spacial score (nSPS) is 11.5. The Labute approximate surface area is 294 Å². The van der Waals surface area contributed by atoms with Crippen molar-refractivity contribution in [3.63, 3.8) is 0 Å². The fourth-order valence-electron chi connectivity index (χ4n) is 7.39. The van der Waals surface area contributed by atoms with E-state index in [4.69, 9.17) is 19.4 Å². The number of furan rings is 1. The van der Waals surface area contributed by atoms with Crippen LogP contribution in [0.4, 0.5) is 0 Å². The molecule has 10 rings (SSSR count). The topological polar surface area (TPSA) is 51.8 Å². The number of nitrogens with zero attached hydrogens (tertiary/aromatic N) is 3. The van der Waals surface area contributed by atoms with Crippen molar-refractivity contribution in [1.82, 2.24) is 15.0 Å². The van der Waals surface area contributed by atoms with Gasteiger partial charge >= 0.3 is 0 Å². The van der Waals surface area contributed by atoms with Crippen LogP contribution in [0.25, 0.3) is 99.9 Å². The average molecular weight is 652 g/mol. The summed E-state index contributed by atoms with van der Waals surface area (Å²) in [5, 5.41) is 6.37. The summed E-state index contributed by atoms with van der Waals surface area (Å²) in [6.07, 6.45) is 0. The smallest absolute Gasteiger partial charge is 0.164 e. The molecule has 0 saturated carbocycles. The van der Waals surface area contributed by atoms with Crippen molar-refractivity contribution < 1.29 is 4.42 Å². The van der Waals surface area contributed by atoms with E-state index in [0.29, 0.717) is 17.5 Å². The third kappa shape index (κ3) is 4.88. The summed E-state index contributed by atoms with van der Waals surface area (Å²) in [7, 11) is 0. The number of hydrogen-bond acceptors (Lipinski definition) is 4. The van der Waals surface area contributed by atoms with Crippen LogP contribution in [0.2, 0.25) is 0 Å². The molecule has 2 heterocycles. The highest BCUT2D eigenvalue weighted by Gasteiger charge is 2.22. The highest BCUT2D eigenvalue weighted by Crippen LogP contribution is 2.44. The van der Waals surface area contributed by atoms with E-state index in [2.05, 4.69) is 133 Å². The van der Waals surface area contributed by atoms with E-state index in [1.165, 1.54) is 11.1 Å². The van der Waals surface area contributed by atoms with Crippen molar-refractivity contribution >= 4 is 43.5 Å². The maximum atomic E-state index is 6.58. The van der Waals surface area contributed by atoms with E-state index in [9.17, 15) is 0 Å². The van der Waals surface area contributed by atoms with Crippen LogP contribution >= 0.6 is 0 Å². The predicted molar refractivity (Wildman–Crippen MR) is 209 cm³/mol. The Morgan fingerprint density at radius 1 is 0.314 bits per heavy atom. The molecule has 0 atom stereocenters. The zero-order chi connectivity index (χ0) is 33.7. The van der Waals surface area contributed by atoms with Gasteiger partial charge in [0.2, 0.25) is 0 Å². The zero-order valence-electron chi connectivity index (χ0n) is 27.5. The van der Waals surface area contributed by atoms with Gasteiger partial charge < -0.3 is 4.42 Å². The number of fused-ring (bicyclic) bond motifs is 6. The Balaban J connectivity index is 1.31. The number of rotatable bonds is 5. The van der Waals surface area contributed by atoms with E-state index in [-0.39, 0.29) is 0 Å². The molecule has 0 fully saturated rings. The van der Waals surface area contributed by atoms with Gasteiger partial charge in [-0.3, -0.25) is 0 Å². The maximum absolute atomic E-state index is 6.58. The second-order valence-corrected chi connectivity index (χ2v) is 12.7. The van der Waals surface area contributed by atoms with E-state index < -0.39 is 0 Å². The van der Waals surface area contributed by atoms with Crippen LogP contribution in [0.15, 0.2) is 180 Å². The molecule has 0 amide bonds. The molecular formula is C47H29N3O. The SMILES string of the molecule is c1ccc(-c2nc(-c3ccc(-c4ccccc4)c4ccccc34)nc(-c3cc4c5ccccc5oc4c4cccc(-c5ccccc5)c34)n2)cc1. The van der Waals surface area contributed by atoms with Crippen LogP contribution < -0.4 is 0 Å². The molecule has 0 spiro atoms. The van der Waals surface area contributed by atoms with Gasteiger partial charge in [0, 0.05) is 38.2 Å². The molecule has 51 heavy (non-hydrogen) atoms. The van der Waals surface area contributed by atoms with E-state index >= 15 is 0 Å². The van der Waals surface area contributed by atoms with E-state index in [1.807, 2.05) is 42.5 Å². The monoisotopic (exact) mass is 651 g/mol. The molecule has 0 unspecified atom stereocenters. The lowest BCUT2D eigenvalue weighted by Gasteiger charge is -2.15. The molecule has 0 aliphatic rings. The summed E-state index contributed by atoms with van der Waals surface area (Å²) < 4.78 is 6.58. The second-order valence-electron chi connectivity index (χ2n) is 12.7. The average Bonchev–Trinajstić information content (AvgIpc) is 3.60. The summed E-state index contributed by atoms with van der Waals surface area (Å²) in [5.41, 5.74) is 9.05. The Bertz CT molecular complexity index is 2900. The van der Waals surface area contributed by atoms with Gasteiger partial charge in [-0.25, -0.2) is 15.0 Å². The molecule has 0 N–H and O–H groups in total. The molecule has 8 aromatic carbocycles. The van der Waals surface area contributed by atoms with Crippen LogP contribution in [0.3, 0.4) is 0 Å². The molecule has 4 nitrogen and oxygen atoms in total. The highest BCUT2D eigenvalue weighted by atomic mass is 16.3. The summed E-state index contributed by atoms with van der Waals surface area (Å²) in [4.78, 5) is 15.8. The van der Waals surface area contributed by atoms with Gasteiger partial charge in [-0.1, -0.05) is 158 Å². The molecule has 0 bridgehead atoms. The largest absolute Gasteiger partial charge is 0.455 e. The van der Waals surface area contributed by atoms with Gasteiger partial charge in [-0.05, 0) is 51.2 Å². The molecule has 0 aliphatic heterocycles. The quantitative estimate of drug-likeness (QED) is 0.186. The van der Waals surface area contributed by atoms with Crippen molar-refractivity contribution in [2.45, 2.75) is 0 Å².